The summed E-state index contributed by atoms with van der Waals surface area (Å²) >= 11 is 0. The molecular formula is C14H28O3. The predicted octanol–water partition coefficient (Wildman–Crippen LogP) is 2.76. The van der Waals surface area contributed by atoms with Crippen molar-refractivity contribution in [2.24, 2.45) is 5.92 Å². The molecule has 2 saturated heterocycles. The van der Waals surface area contributed by atoms with E-state index in [2.05, 4.69) is 13.8 Å². The van der Waals surface area contributed by atoms with Gasteiger partial charge in [-0.3, -0.25) is 0 Å². The van der Waals surface area contributed by atoms with Gasteiger partial charge in [-0.1, -0.05) is 13.8 Å². The average Bonchev–Trinajstić information content (AvgIpc) is 2.72. The second-order valence-electron chi connectivity index (χ2n) is 5.64. The number of aliphatic hydroxyl groups is 1. The zero-order chi connectivity index (χ0) is 13.1. The Morgan fingerprint density at radius 3 is 2.06 bits per heavy atom. The molecule has 3 atom stereocenters. The maximum Gasteiger partial charge on any atom is 0.0922 e. The molecule has 2 bridgehead atoms. The third kappa shape index (κ3) is 3.01. The van der Waals surface area contributed by atoms with Gasteiger partial charge in [0.05, 0.1) is 17.3 Å². The second kappa shape index (κ2) is 5.68. The molecule has 1 N–H and O–H groups in total. The van der Waals surface area contributed by atoms with Crippen molar-refractivity contribution in [2.45, 2.75) is 71.2 Å². The molecule has 0 saturated carbocycles. The molecule has 2 fully saturated rings. The van der Waals surface area contributed by atoms with E-state index in [4.69, 9.17) is 9.47 Å². The second-order valence-corrected chi connectivity index (χ2v) is 5.64. The Hall–Kier alpha value is -0.120. The SMILES string of the molecule is CC(C)C12CCC(C)(O1)C(O)C2.CCOCC. The van der Waals surface area contributed by atoms with Crippen molar-refractivity contribution in [1.82, 2.24) is 0 Å². The van der Waals surface area contributed by atoms with Gasteiger partial charge in [-0.25, -0.2) is 0 Å². The number of hydrogen-bond acceptors (Lipinski definition) is 3. The minimum Gasteiger partial charge on any atom is -0.390 e. The maximum absolute atomic E-state index is 9.77. The van der Waals surface area contributed by atoms with E-state index in [9.17, 15) is 5.11 Å². The normalized spacial score (nSPS) is 39.4. The van der Waals surface area contributed by atoms with Gasteiger partial charge < -0.3 is 14.6 Å². The lowest BCUT2D eigenvalue weighted by Gasteiger charge is -2.29. The Kier molecular flexibility index (Phi) is 4.99. The van der Waals surface area contributed by atoms with Crippen LogP contribution in [0.4, 0.5) is 0 Å². The van der Waals surface area contributed by atoms with Crippen LogP contribution in [-0.4, -0.2) is 35.6 Å². The lowest BCUT2D eigenvalue weighted by Crippen LogP contribution is -2.36. The molecule has 102 valence electrons. The molecule has 0 radical (unpaired) electrons. The maximum atomic E-state index is 9.77. The van der Waals surface area contributed by atoms with Crippen LogP contribution in [0.5, 0.6) is 0 Å². The topological polar surface area (TPSA) is 38.7 Å². The molecule has 2 heterocycles. The summed E-state index contributed by atoms with van der Waals surface area (Å²) in [7, 11) is 0. The van der Waals surface area contributed by atoms with Crippen LogP contribution in [0.1, 0.15) is 53.9 Å². The first-order valence-electron chi connectivity index (χ1n) is 6.86. The molecule has 17 heavy (non-hydrogen) atoms. The van der Waals surface area contributed by atoms with Crippen LogP contribution < -0.4 is 0 Å². The van der Waals surface area contributed by atoms with E-state index in [1.807, 2.05) is 20.8 Å². The van der Waals surface area contributed by atoms with Crippen LogP contribution >= 0.6 is 0 Å². The van der Waals surface area contributed by atoms with Crippen molar-refractivity contribution in [3.63, 3.8) is 0 Å². The van der Waals surface area contributed by atoms with E-state index >= 15 is 0 Å². The van der Waals surface area contributed by atoms with Gasteiger partial charge in [-0.2, -0.15) is 0 Å². The fraction of sp³-hybridized carbons (Fsp3) is 1.00. The molecule has 0 aromatic heterocycles. The highest BCUT2D eigenvalue weighted by Gasteiger charge is 2.59. The third-order valence-electron chi connectivity index (χ3n) is 4.19. The molecule has 0 aliphatic carbocycles. The Balaban J connectivity index is 0.000000249. The van der Waals surface area contributed by atoms with Crippen molar-refractivity contribution in [2.75, 3.05) is 13.2 Å². The van der Waals surface area contributed by atoms with Gasteiger partial charge in [-0.15, -0.1) is 0 Å². The van der Waals surface area contributed by atoms with Crippen LogP contribution in [-0.2, 0) is 9.47 Å². The van der Waals surface area contributed by atoms with Gasteiger partial charge in [0.15, 0.2) is 0 Å². The van der Waals surface area contributed by atoms with Gasteiger partial charge in [-0.05, 0) is 39.5 Å². The molecular weight excluding hydrogens is 216 g/mol. The molecule has 0 spiro atoms. The average molecular weight is 244 g/mol. The van der Waals surface area contributed by atoms with E-state index in [0.29, 0.717) is 5.92 Å². The number of aliphatic hydroxyl groups excluding tert-OH is 1. The lowest BCUT2D eigenvalue weighted by molar-refractivity contribution is -0.0801. The van der Waals surface area contributed by atoms with Gasteiger partial charge in [0.1, 0.15) is 0 Å². The number of rotatable bonds is 3. The molecule has 0 amide bonds. The van der Waals surface area contributed by atoms with Crippen molar-refractivity contribution < 1.29 is 14.6 Å². The van der Waals surface area contributed by atoms with E-state index in [-0.39, 0.29) is 17.3 Å². The highest BCUT2D eigenvalue weighted by molar-refractivity contribution is 5.09. The van der Waals surface area contributed by atoms with Gasteiger partial charge in [0.2, 0.25) is 0 Å². The Morgan fingerprint density at radius 2 is 1.88 bits per heavy atom. The highest BCUT2D eigenvalue weighted by Crippen LogP contribution is 2.53. The summed E-state index contributed by atoms with van der Waals surface area (Å²) in [6, 6.07) is 0. The monoisotopic (exact) mass is 244 g/mol. The van der Waals surface area contributed by atoms with Gasteiger partial charge in [0, 0.05) is 19.6 Å². The van der Waals surface area contributed by atoms with Crippen LogP contribution in [0, 0.1) is 5.92 Å². The molecule has 3 nitrogen and oxygen atoms in total. The molecule has 3 unspecified atom stereocenters. The fourth-order valence-corrected chi connectivity index (χ4v) is 2.79. The standard InChI is InChI=1S/C10H18O2.C4H10O/c1-7(2)10-5-4-9(3,12-10)8(11)6-10;1-3-5-4-2/h7-8,11H,4-6H2,1-3H3;3-4H2,1-2H3. The number of ether oxygens (including phenoxy) is 2. The summed E-state index contributed by atoms with van der Waals surface area (Å²) in [5, 5.41) is 9.77. The summed E-state index contributed by atoms with van der Waals surface area (Å²) in [6.45, 7) is 12.1. The third-order valence-corrected chi connectivity index (χ3v) is 4.19. The lowest BCUT2D eigenvalue weighted by atomic mass is 9.76. The smallest absolute Gasteiger partial charge is 0.0922 e. The molecule has 0 aromatic carbocycles. The molecule has 3 heteroatoms. The Labute approximate surface area is 105 Å². The van der Waals surface area contributed by atoms with Crippen LogP contribution in [0.15, 0.2) is 0 Å². The van der Waals surface area contributed by atoms with Crippen LogP contribution in [0.3, 0.4) is 0 Å². The molecule has 2 aliphatic heterocycles. The van der Waals surface area contributed by atoms with Crippen LogP contribution in [0.2, 0.25) is 0 Å². The predicted molar refractivity (Wildman–Crippen MR) is 69.1 cm³/mol. The number of hydrogen-bond donors (Lipinski definition) is 1. The quantitative estimate of drug-likeness (QED) is 0.829. The summed E-state index contributed by atoms with van der Waals surface area (Å²) in [5.41, 5.74) is -0.238. The highest BCUT2D eigenvalue weighted by atomic mass is 16.6. The van der Waals surface area contributed by atoms with E-state index in [0.717, 1.165) is 32.5 Å². The summed E-state index contributed by atoms with van der Waals surface area (Å²) in [4.78, 5) is 0. The first-order chi connectivity index (χ1) is 7.90. The van der Waals surface area contributed by atoms with Crippen molar-refractivity contribution in [1.29, 1.82) is 0 Å². The largest absolute Gasteiger partial charge is 0.390 e. The minimum atomic E-state index is -0.242. The fourth-order valence-electron chi connectivity index (χ4n) is 2.79. The first kappa shape index (κ1) is 14.9. The Bertz CT molecular complexity index is 240. The Morgan fingerprint density at radius 1 is 1.29 bits per heavy atom. The minimum absolute atomic E-state index is 0.00579. The molecule has 0 aromatic rings. The zero-order valence-corrected chi connectivity index (χ0v) is 12.0. The van der Waals surface area contributed by atoms with Crippen molar-refractivity contribution in [3.8, 4) is 0 Å². The van der Waals surface area contributed by atoms with E-state index in [1.54, 1.807) is 0 Å². The molecule has 2 rings (SSSR count). The number of fused-ring (bicyclic) bond motifs is 2. The summed E-state index contributed by atoms with van der Waals surface area (Å²) in [6.07, 6.45) is 2.74. The van der Waals surface area contributed by atoms with Gasteiger partial charge >= 0.3 is 0 Å². The summed E-state index contributed by atoms with van der Waals surface area (Å²) in [5.74, 6) is 0.525. The van der Waals surface area contributed by atoms with Crippen LogP contribution in [0.25, 0.3) is 0 Å². The molecule has 2 aliphatic rings. The van der Waals surface area contributed by atoms with E-state index in [1.165, 1.54) is 0 Å². The zero-order valence-electron chi connectivity index (χ0n) is 12.0. The first-order valence-corrected chi connectivity index (χ1v) is 6.86. The van der Waals surface area contributed by atoms with Crippen molar-refractivity contribution in [3.05, 3.63) is 0 Å². The van der Waals surface area contributed by atoms with Gasteiger partial charge in [0.25, 0.3) is 0 Å². The summed E-state index contributed by atoms with van der Waals surface area (Å²) < 4.78 is 10.8. The van der Waals surface area contributed by atoms with E-state index < -0.39 is 0 Å². The van der Waals surface area contributed by atoms with Crippen molar-refractivity contribution >= 4 is 0 Å².